The molecule has 1 aromatic rings. The van der Waals surface area contributed by atoms with Crippen LogP contribution >= 0.6 is 0 Å². The SMILES string of the molecule is Cc1cc(C(=O)C[NH+]2CCCCC2)c(C)n1[C@@H]1CCS(=O)(=O)C1. The molecule has 2 aliphatic rings. The third kappa shape index (κ3) is 3.53. The van der Waals surface area contributed by atoms with Gasteiger partial charge < -0.3 is 9.47 Å². The standard InChI is InChI=1S/C17H26N2O3S/c1-13-10-16(17(20)11-18-7-4-3-5-8-18)14(2)19(13)15-6-9-23(21,22)12-15/h10,15H,3-9,11-12H2,1-2H3/p+1/t15-/m1/s1. The number of nitrogens with zero attached hydrogens (tertiary/aromatic N) is 1. The fourth-order valence-corrected chi connectivity index (χ4v) is 5.85. The lowest BCUT2D eigenvalue weighted by Crippen LogP contribution is -3.13. The van der Waals surface area contributed by atoms with E-state index in [1.807, 2.05) is 19.9 Å². The normalized spacial score (nSPS) is 24.9. The van der Waals surface area contributed by atoms with Crippen molar-refractivity contribution < 1.29 is 18.1 Å². The van der Waals surface area contributed by atoms with E-state index in [1.54, 1.807) is 0 Å². The van der Waals surface area contributed by atoms with Crippen molar-refractivity contribution in [2.45, 2.75) is 45.6 Å². The predicted molar refractivity (Wildman–Crippen MR) is 90.0 cm³/mol. The fraction of sp³-hybridized carbons (Fsp3) is 0.706. The summed E-state index contributed by atoms with van der Waals surface area (Å²) in [5, 5.41) is 0. The summed E-state index contributed by atoms with van der Waals surface area (Å²) < 4.78 is 25.6. The molecule has 0 radical (unpaired) electrons. The lowest BCUT2D eigenvalue weighted by molar-refractivity contribution is -0.896. The van der Waals surface area contributed by atoms with Crippen molar-refractivity contribution in [3.05, 3.63) is 23.0 Å². The van der Waals surface area contributed by atoms with Gasteiger partial charge in [0.15, 0.2) is 9.84 Å². The lowest BCUT2D eigenvalue weighted by atomic mass is 10.1. The minimum absolute atomic E-state index is 0.0103. The molecule has 5 nitrogen and oxygen atoms in total. The average Bonchev–Trinajstić information content (AvgIpc) is 2.99. The van der Waals surface area contributed by atoms with E-state index >= 15 is 0 Å². The third-order valence-electron chi connectivity index (χ3n) is 5.33. The number of hydrogen-bond acceptors (Lipinski definition) is 3. The molecule has 1 atom stereocenters. The van der Waals surface area contributed by atoms with Crippen LogP contribution in [0.3, 0.4) is 0 Å². The molecule has 2 saturated heterocycles. The smallest absolute Gasteiger partial charge is 0.218 e. The number of aromatic nitrogens is 1. The van der Waals surface area contributed by atoms with E-state index in [-0.39, 0.29) is 23.3 Å². The highest BCUT2D eigenvalue weighted by molar-refractivity contribution is 7.91. The van der Waals surface area contributed by atoms with Gasteiger partial charge in [-0.05, 0) is 45.6 Å². The number of carbonyl (C=O) groups excluding carboxylic acids is 1. The number of hydrogen-bond donors (Lipinski definition) is 1. The second-order valence-corrected chi connectivity index (χ2v) is 9.35. The number of likely N-dealkylation sites (tertiary alicyclic amines) is 1. The van der Waals surface area contributed by atoms with Gasteiger partial charge in [-0.25, -0.2) is 8.42 Å². The number of sulfone groups is 1. The van der Waals surface area contributed by atoms with Crippen molar-refractivity contribution in [2.24, 2.45) is 0 Å². The quantitative estimate of drug-likeness (QED) is 0.822. The summed E-state index contributed by atoms with van der Waals surface area (Å²) >= 11 is 0. The van der Waals surface area contributed by atoms with Crippen LogP contribution in [-0.4, -0.2) is 49.9 Å². The highest BCUT2D eigenvalue weighted by atomic mass is 32.2. The van der Waals surface area contributed by atoms with Gasteiger partial charge in [0.1, 0.15) is 6.54 Å². The number of Topliss-reactive ketones (excluding diaryl/α,β-unsaturated/α-hetero) is 1. The number of nitrogens with one attached hydrogen (secondary N) is 1. The molecule has 1 aromatic heterocycles. The van der Waals surface area contributed by atoms with Gasteiger partial charge in [-0.2, -0.15) is 0 Å². The second kappa shape index (κ2) is 6.40. The van der Waals surface area contributed by atoms with Crippen LogP contribution in [0.25, 0.3) is 0 Å². The van der Waals surface area contributed by atoms with Crippen LogP contribution in [0.15, 0.2) is 6.07 Å². The van der Waals surface area contributed by atoms with Gasteiger partial charge in [0.2, 0.25) is 5.78 Å². The van der Waals surface area contributed by atoms with Gasteiger partial charge in [-0.15, -0.1) is 0 Å². The van der Waals surface area contributed by atoms with Crippen LogP contribution < -0.4 is 4.90 Å². The Labute approximate surface area is 138 Å². The monoisotopic (exact) mass is 339 g/mol. The van der Waals surface area contributed by atoms with Crippen LogP contribution in [0.4, 0.5) is 0 Å². The number of carbonyl (C=O) groups is 1. The zero-order chi connectivity index (χ0) is 16.6. The molecular weight excluding hydrogens is 312 g/mol. The Bertz CT molecular complexity index is 700. The number of rotatable bonds is 4. The molecule has 0 spiro atoms. The van der Waals surface area contributed by atoms with Crippen molar-refractivity contribution in [1.29, 1.82) is 0 Å². The van der Waals surface area contributed by atoms with Crippen molar-refractivity contribution >= 4 is 15.6 Å². The molecule has 3 heterocycles. The Morgan fingerprint density at radius 1 is 1.26 bits per heavy atom. The summed E-state index contributed by atoms with van der Waals surface area (Å²) in [6.45, 7) is 6.67. The summed E-state index contributed by atoms with van der Waals surface area (Å²) in [5.74, 6) is 0.659. The van der Waals surface area contributed by atoms with E-state index in [2.05, 4.69) is 4.57 Å². The molecule has 1 N–H and O–H groups in total. The first-order valence-electron chi connectivity index (χ1n) is 8.63. The Morgan fingerprint density at radius 3 is 2.57 bits per heavy atom. The Balaban J connectivity index is 1.78. The minimum atomic E-state index is -2.92. The van der Waals surface area contributed by atoms with Crippen molar-refractivity contribution in [1.82, 2.24) is 4.57 Å². The maximum Gasteiger partial charge on any atom is 0.218 e. The Kier molecular flexibility index (Phi) is 4.65. The van der Waals surface area contributed by atoms with Crippen molar-refractivity contribution in [3.63, 3.8) is 0 Å². The molecule has 2 fully saturated rings. The van der Waals surface area contributed by atoms with Crippen LogP contribution in [0.2, 0.25) is 0 Å². The molecule has 23 heavy (non-hydrogen) atoms. The molecule has 6 heteroatoms. The Hall–Kier alpha value is -1.14. The summed E-state index contributed by atoms with van der Waals surface area (Å²) in [7, 11) is -2.92. The highest BCUT2D eigenvalue weighted by Gasteiger charge is 2.32. The molecular formula is C17H27N2O3S+. The van der Waals surface area contributed by atoms with Gasteiger partial charge in [-0.3, -0.25) is 4.79 Å². The maximum atomic E-state index is 12.7. The summed E-state index contributed by atoms with van der Waals surface area (Å²) in [5.41, 5.74) is 2.72. The summed E-state index contributed by atoms with van der Waals surface area (Å²) in [4.78, 5) is 14.1. The van der Waals surface area contributed by atoms with Gasteiger partial charge in [-0.1, -0.05) is 0 Å². The summed E-state index contributed by atoms with van der Waals surface area (Å²) in [6.07, 6.45) is 4.36. The molecule has 128 valence electrons. The molecule has 0 bridgehead atoms. The number of quaternary nitrogens is 1. The maximum absolute atomic E-state index is 12.7. The molecule has 3 rings (SSSR count). The Morgan fingerprint density at radius 2 is 1.96 bits per heavy atom. The van der Waals surface area contributed by atoms with Crippen LogP contribution in [0.1, 0.15) is 53.5 Å². The van der Waals surface area contributed by atoms with Crippen LogP contribution in [0, 0.1) is 13.8 Å². The van der Waals surface area contributed by atoms with E-state index in [4.69, 9.17) is 0 Å². The third-order valence-corrected chi connectivity index (χ3v) is 7.08. The lowest BCUT2D eigenvalue weighted by Gasteiger charge is -2.22. The first kappa shape index (κ1) is 16.7. The van der Waals surface area contributed by atoms with Gasteiger partial charge in [0.25, 0.3) is 0 Å². The van der Waals surface area contributed by atoms with Gasteiger partial charge in [0.05, 0.1) is 24.6 Å². The average molecular weight is 339 g/mol. The highest BCUT2D eigenvalue weighted by Crippen LogP contribution is 2.29. The molecule has 0 unspecified atom stereocenters. The number of piperidine rings is 1. The number of ketones is 1. The summed E-state index contributed by atoms with van der Waals surface area (Å²) in [6, 6.07) is 1.94. The van der Waals surface area contributed by atoms with E-state index in [1.165, 1.54) is 24.2 Å². The van der Waals surface area contributed by atoms with Crippen molar-refractivity contribution in [3.8, 4) is 0 Å². The van der Waals surface area contributed by atoms with E-state index in [0.717, 1.165) is 30.0 Å². The largest absolute Gasteiger partial charge is 0.344 e. The molecule has 0 aromatic carbocycles. The second-order valence-electron chi connectivity index (χ2n) is 7.12. The van der Waals surface area contributed by atoms with Gasteiger partial charge >= 0.3 is 0 Å². The van der Waals surface area contributed by atoms with Crippen LogP contribution in [-0.2, 0) is 9.84 Å². The number of aryl methyl sites for hydroxylation is 1. The zero-order valence-electron chi connectivity index (χ0n) is 14.1. The van der Waals surface area contributed by atoms with Crippen molar-refractivity contribution in [2.75, 3.05) is 31.1 Å². The van der Waals surface area contributed by atoms with Gasteiger partial charge in [0, 0.05) is 23.0 Å². The van der Waals surface area contributed by atoms with E-state index in [9.17, 15) is 13.2 Å². The molecule has 2 aliphatic heterocycles. The van der Waals surface area contributed by atoms with E-state index in [0.29, 0.717) is 13.0 Å². The molecule has 0 aliphatic carbocycles. The zero-order valence-corrected chi connectivity index (χ0v) is 14.9. The predicted octanol–water partition coefficient (Wildman–Crippen LogP) is 0.716. The fourth-order valence-electron chi connectivity index (χ4n) is 4.15. The van der Waals surface area contributed by atoms with Crippen LogP contribution in [0.5, 0.6) is 0 Å². The first-order valence-corrected chi connectivity index (χ1v) is 10.4. The first-order chi connectivity index (χ1) is 10.9. The molecule has 0 amide bonds. The van der Waals surface area contributed by atoms with E-state index < -0.39 is 9.84 Å². The topological polar surface area (TPSA) is 60.6 Å². The minimum Gasteiger partial charge on any atom is -0.344 e. The molecule has 0 saturated carbocycles.